The average molecular weight is 203 g/mol. The molecule has 1 aromatic carbocycles. The number of benzene rings is 1. The van der Waals surface area contributed by atoms with Crippen LogP contribution in [0.3, 0.4) is 0 Å². The molecule has 0 saturated carbocycles. The molecule has 3 N–H and O–H groups in total. The maximum absolute atomic E-state index is 9.19. The van der Waals surface area contributed by atoms with Crippen LogP contribution in [-0.4, -0.2) is 36.1 Å². The summed E-state index contributed by atoms with van der Waals surface area (Å²) >= 11 is 0. The minimum absolute atomic E-state index is 0.291. The van der Waals surface area contributed by atoms with Crippen molar-refractivity contribution >= 4 is 5.84 Å². The summed E-state index contributed by atoms with van der Waals surface area (Å²) in [7, 11) is 0. The number of nitrogens with zero attached hydrogens (tertiary/aromatic N) is 1. The summed E-state index contributed by atoms with van der Waals surface area (Å²) in [5, 5.41) is 15.9. The maximum Gasteiger partial charge on any atom is 0.129 e. The Morgan fingerprint density at radius 3 is 2.73 bits per heavy atom. The Morgan fingerprint density at radius 1 is 1.20 bits per heavy atom. The molecule has 4 nitrogen and oxygen atoms in total. The molecular formula is C11H13N3O. The van der Waals surface area contributed by atoms with Crippen molar-refractivity contribution in [1.29, 1.82) is 0 Å². The molecule has 4 heteroatoms. The first-order chi connectivity index (χ1) is 7.33. The molecule has 15 heavy (non-hydrogen) atoms. The number of nitrogens with one attached hydrogen (secondary N) is 2. The Balaban J connectivity index is 1.87. The van der Waals surface area contributed by atoms with E-state index in [1.54, 1.807) is 12.1 Å². The first-order valence-electron chi connectivity index (χ1n) is 5.17. The molecule has 2 unspecified atom stereocenters. The van der Waals surface area contributed by atoms with E-state index in [0.717, 1.165) is 24.5 Å². The van der Waals surface area contributed by atoms with Gasteiger partial charge in [0.25, 0.3) is 0 Å². The van der Waals surface area contributed by atoms with E-state index in [1.165, 1.54) is 0 Å². The minimum atomic E-state index is 0.291. The highest BCUT2D eigenvalue weighted by atomic mass is 16.3. The molecule has 0 amide bonds. The molecule has 2 aliphatic rings. The van der Waals surface area contributed by atoms with Crippen LogP contribution in [0.15, 0.2) is 29.3 Å². The van der Waals surface area contributed by atoms with E-state index in [2.05, 4.69) is 15.6 Å². The normalized spacial score (nSPS) is 28.4. The fourth-order valence-corrected chi connectivity index (χ4v) is 2.10. The number of rotatable bonds is 1. The highest BCUT2D eigenvalue weighted by molar-refractivity contribution is 6.00. The first kappa shape index (κ1) is 8.73. The molecule has 3 rings (SSSR count). The largest absolute Gasteiger partial charge is 0.508 e. The summed E-state index contributed by atoms with van der Waals surface area (Å²) < 4.78 is 0. The Morgan fingerprint density at radius 2 is 2.00 bits per heavy atom. The van der Waals surface area contributed by atoms with Crippen LogP contribution in [-0.2, 0) is 0 Å². The van der Waals surface area contributed by atoms with Gasteiger partial charge in [0.15, 0.2) is 0 Å². The van der Waals surface area contributed by atoms with Crippen LogP contribution >= 0.6 is 0 Å². The SMILES string of the molecule is Oc1ccc(C2=NC3CNCC3N2)cc1. The second kappa shape index (κ2) is 3.24. The lowest BCUT2D eigenvalue weighted by Gasteiger charge is -2.08. The van der Waals surface area contributed by atoms with Crippen molar-refractivity contribution in [2.45, 2.75) is 12.1 Å². The zero-order valence-corrected chi connectivity index (χ0v) is 8.27. The van der Waals surface area contributed by atoms with E-state index in [-0.39, 0.29) is 0 Å². The third kappa shape index (κ3) is 1.47. The lowest BCUT2D eigenvalue weighted by Crippen LogP contribution is -2.35. The summed E-state index contributed by atoms with van der Waals surface area (Å²) in [5.74, 6) is 1.24. The van der Waals surface area contributed by atoms with Crippen LogP contribution in [0, 0.1) is 0 Å². The second-order valence-corrected chi connectivity index (χ2v) is 4.00. The molecule has 0 spiro atoms. The molecule has 1 fully saturated rings. The van der Waals surface area contributed by atoms with Crippen molar-refractivity contribution in [3.05, 3.63) is 29.8 Å². The summed E-state index contributed by atoms with van der Waals surface area (Å²) in [4.78, 5) is 4.61. The van der Waals surface area contributed by atoms with Gasteiger partial charge < -0.3 is 15.7 Å². The zero-order valence-electron chi connectivity index (χ0n) is 8.27. The van der Waals surface area contributed by atoms with Gasteiger partial charge in [0.2, 0.25) is 0 Å². The number of phenolic OH excluding ortho intramolecular Hbond substituents is 1. The maximum atomic E-state index is 9.19. The van der Waals surface area contributed by atoms with Crippen molar-refractivity contribution in [2.75, 3.05) is 13.1 Å². The number of amidine groups is 1. The van der Waals surface area contributed by atoms with Crippen LogP contribution in [0.25, 0.3) is 0 Å². The van der Waals surface area contributed by atoms with Gasteiger partial charge in [-0.15, -0.1) is 0 Å². The van der Waals surface area contributed by atoms with E-state index in [9.17, 15) is 5.11 Å². The first-order valence-corrected chi connectivity index (χ1v) is 5.17. The van der Waals surface area contributed by atoms with E-state index in [4.69, 9.17) is 0 Å². The van der Waals surface area contributed by atoms with Gasteiger partial charge in [-0.1, -0.05) is 0 Å². The minimum Gasteiger partial charge on any atom is -0.508 e. The quantitative estimate of drug-likeness (QED) is 0.606. The molecule has 1 saturated heterocycles. The molecule has 0 aliphatic carbocycles. The Labute approximate surface area is 88.0 Å². The number of hydrogen-bond acceptors (Lipinski definition) is 4. The van der Waals surface area contributed by atoms with E-state index in [0.29, 0.717) is 17.8 Å². The highest BCUT2D eigenvalue weighted by Gasteiger charge is 2.32. The number of aromatic hydroxyl groups is 1. The number of phenols is 1. The van der Waals surface area contributed by atoms with Crippen LogP contribution in [0.5, 0.6) is 5.75 Å². The number of aliphatic imine (C=N–C) groups is 1. The fourth-order valence-electron chi connectivity index (χ4n) is 2.10. The molecule has 2 atom stereocenters. The number of hydrogen-bond donors (Lipinski definition) is 3. The van der Waals surface area contributed by atoms with Crippen LogP contribution < -0.4 is 10.6 Å². The van der Waals surface area contributed by atoms with Crippen molar-refractivity contribution in [3.63, 3.8) is 0 Å². The third-order valence-corrected chi connectivity index (χ3v) is 2.94. The molecule has 0 radical (unpaired) electrons. The Kier molecular flexibility index (Phi) is 1.89. The van der Waals surface area contributed by atoms with Crippen molar-refractivity contribution in [2.24, 2.45) is 4.99 Å². The van der Waals surface area contributed by atoms with Gasteiger partial charge in [0, 0.05) is 18.7 Å². The van der Waals surface area contributed by atoms with Crippen LogP contribution in [0.4, 0.5) is 0 Å². The lowest BCUT2D eigenvalue weighted by molar-refractivity contribution is 0.475. The predicted molar refractivity (Wildman–Crippen MR) is 58.2 cm³/mol. The lowest BCUT2D eigenvalue weighted by atomic mass is 10.2. The van der Waals surface area contributed by atoms with Gasteiger partial charge in [-0.3, -0.25) is 4.99 Å². The van der Waals surface area contributed by atoms with Gasteiger partial charge in [-0.25, -0.2) is 0 Å². The average Bonchev–Trinajstić information content (AvgIpc) is 2.78. The zero-order chi connectivity index (χ0) is 10.3. The highest BCUT2D eigenvalue weighted by Crippen LogP contribution is 2.16. The molecule has 2 heterocycles. The smallest absolute Gasteiger partial charge is 0.129 e. The van der Waals surface area contributed by atoms with Gasteiger partial charge >= 0.3 is 0 Å². The monoisotopic (exact) mass is 203 g/mol. The molecule has 2 aliphatic heterocycles. The number of fused-ring (bicyclic) bond motifs is 1. The van der Waals surface area contributed by atoms with E-state index >= 15 is 0 Å². The summed E-state index contributed by atoms with van der Waals surface area (Å²) in [6.07, 6.45) is 0. The predicted octanol–water partition coefficient (Wildman–Crippen LogP) is 0.0824. The van der Waals surface area contributed by atoms with Crippen LogP contribution in [0.2, 0.25) is 0 Å². The van der Waals surface area contributed by atoms with Crippen molar-refractivity contribution < 1.29 is 5.11 Å². The summed E-state index contributed by atoms with van der Waals surface area (Å²) in [6.45, 7) is 1.94. The fraction of sp³-hybridized carbons (Fsp3) is 0.364. The standard InChI is InChI=1S/C11H13N3O/c15-8-3-1-7(2-4-8)11-13-9-5-12-6-10(9)14-11/h1-4,9-10,12,15H,5-6H2,(H,13,14). The molecule has 1 aromatic rings. The van der Waals surface area contributed by atoms with E-state index in [1.807, 2.05) is 12.1 Å². The molecular weight excluding hydrogens is 190 g/mol. The van der Waals surface area contributed by atoms with Crippen molar-refractivity contribution in [1.82, 2.24) is 10.6 Å². The van der Waals surface area contributed by atoms with Gasteiger partial charge in [-0.05, 0) is 24.3 Å². The van der Waals surface area contributed by atoms with Crippen molar-refractivity contribution in [3.8, 4) is 5.75 Å². The molecule has 0 aromatic heterocycles. The van der Waals surface area contributed by atoms with Gasteiger partial charge in [-0.2, -0.15) is 0 Å². The topological polar surface area (TPSA) is 56.7 Å². The summed E-state index contributed by atoms with van der Waals surface area (Å²) in [5.41, 5.74) is 1.04. The Bertz CT molecular complexity index is 399. The second-order valence-electron chi connectivity index (χ2n) is 4.00. The van der Waals surface area contributed by atoms with Crippen LogP contribution in [0.1, 0.15) is 5.56 Å². The third-order valence-electron chi connectivity index (χ3n) is 2.94. The van der Waals surface area contributed by atoms with Gasteiger partial charge in [0.05, 0.1) is 12.1 Å². The molecule has 0 bridgehead atoms. The Hall–Kier alpha value is -1.55. The summed E-state index contributed by atoms with van der Waals surface area (Å²) in [6, 6.07) is 7.95. The molecule has 78 valence electrons. The van der Waals surface area contributed by atoms with Gasteiger partial charge in [0.1, 0.15) is 11.6 Å². The van der Waals surface area contributed by atoms with E-state index < -0.39 is 0 Å².